The summed E-state index contributed by atoms with van der Waals surface area (Å²) < 4.78 is 16.1. The Morgan fingerprint density at radius 3 is 1.25 bits per heavy atom. The van der Waals surface area contributed by atoms with Crippen molar-refractivity contribution in [1.82, 2.24) is 24.5 Å². The van der Waals surface area contributed by atoms with Gasteiger partial charge < -0.3 is 9.47 Å². The van der Waals surface area contributed by atoms with E-state index in [9.17, 15) is 0 Å². The van der Waals surface area contributed by atoms with E-state index < -0.39 is 0 Å². The molecule has 0 bridgehead atoms. The van der Waals surface area contributed by atoms with Crippen LogP contribution in [0.1, 0.15) is 61.8 Å². The second-order valence-corrected chi connectivity index (χ2v) is 17.3. The molecule has 0 saturated carbocycles. The predicted octanol–water partition coefficient (Wildman–Crippen LogP) is 15.5. The van der Waals surface area contributed by atoms with Crippen molar-refractivity contribution in [2.24, 2.45) is 0 Å². The lowest BCUT2D eigenvalue weighted by Crippen LogP contribution is -2.00. The molecule has 7 nitrogen and oxygen atoms in total. The Hall–Kier alpha value is -7.90. The number of ether oxygens (including phenoxy) is 2. The first kappa shape index (κ1) is 41.1. The maximum atomic E-state index is 7.00. The molecule has 6 aromatic carbocycles. The number of aryl methyl sites for hydroxylation is 2. The fourth-order valence-electron chi connectivity index (χ4n) is 8.82. The molecule has 10 aromatic rings. The van der Waals surface area contributed by atoms with Crippen molar-refractivity contribution in [3.8, 4) is 73.7 Å². The summed E-state index contributed by atoms with van der Waals surface area (Å²) in [5, 5.41) is 2.07. The van der Waals surface area contributed by atoms with E-state index in [1.807, 2.05) is 67.0 Å². The largest absolute Gasteiger partial charge is 0.457 e. The Morgan fingerprint density at radius 1 is 0.415 bits per heavy atom. The molecule has 0 atom stereocenters. The van der Waals surface area contributed by atoms with Crippen molar-refractivity contribution < 1.29 is 9.47 Å². The summed E-state index contributed by atoms with van der Waals surface area (Å²) in [5.41, 5.74) is 14.6. The van der Waals surface area contributed by atoms with Crippen LogP contribution in [-0.4, -0.2) is 24.5 Å². The zero-order valence-corrected chi connectivity index (χ0v) is 37.5. The first-order chi connectivity index (χ1) is 31.7. The molecule has 4 heterocycles. The highest BCUT2D eigenvalue weighted by Gasteiger charge is 2.21. The summed E-state index contributed by atoms with van der Waals surface area (Å²) in [6, 6.07) is 52.5. The Balaban J connectivity index is 1.10. The van der Waals surface area contributed by atoms with Crippen LogP contribution in [0, 0.1) is 13.8 Å². The van der Waals surface area contributed by atoms with Gasteiger partial charge in [-0.1, -0.05) is 88.4 Å². The van der Waals surface area contributed by atoms with E-state index in [4.69, 9.17) is 19.4 Å². The quantitative estimate of drug-likeness (QED) is 0.129. The number of rotatable bonds is 11. The lowest BCUT2D eigenvalue weighted by atomic mass is 9.93. The number of aromatic nitrogens is 5. The number of nitrogens with zero attached hydrogens (tertiary/aromatic N) is 5. The van der Waals surface area contributed by atoms with Gasteiger partial charge in [-0.15, -0.1) is 0 Å². The smallest absolute Gasteiger partial charge is 0.234 e. The minimum Gasteiger partial charge on any atom is -0.457 e. The van der Waals surface area contributed by atoms with Gasteiger partial charge in [-0.25, -0.2) is 9.97 Å². The molecule has 0 spiro atoms. The van der Waals surface area contributed by atoms with Crippen LogP contribution < -0.4 is 9.47 Å². The Kier molecular flexibility index (Phi) is 11.0. The zero-order chi connectivity index (χ0) is 44.6. The van der Waals surface area contributed by atoms with Crippen LogP contribution in [0.25, 0.3) is 72.5 Å². The van der Waals surface area contributed by atoms with E-state index in [0.29, 0.717) is 29.3 Å². The van der Waals surface area contributed by atoms with E-state index >= 15 is 0 Å². The van der Waals surface area contributed by atoms with Gasteiger partial charge in [0.25, 0.3) is 0 Å². The van der Waals surface area contributed by atoms with Gasteiger partial charge in [-0.2, -0.15) is 0 Å². The molecule has 0 saturated heterocycles. The predicted molar refractivity (Wildman–Crippen MR) is 264 cm³/mol. The summed E-state index contributed by atoms with van der Waals surface area (Å²) >= 11 is 0. The summed E-state index contributed by atoms with van der Waals surface area (Å²) in [6.07, 6.45) is 7.19. The second-order valence-electron chi connectivity index (χ2n) is 17.3. The third-order valence-electron chi connectivity index (χ3n) is 12.2. The maximum absolute atomic E-state index is 7.00. The van der Waals surface area contributed by atoms with E-state index in [2.05, 4.69) is 153 Å². The molecule has 0 fully saturated rings. The number of benzene rings is 6. The Bertz CT molecular complexity index is 3100. The number of pyridine rings is 2. The standard InChI is InChI=1S/C58H49N5O2/c1-36(2)40-14-18-42(19-15-40)56-38(5)30-44(50-12-7-9-26-59-50)32-54(56)64-46-22-24-48-49-25-23-47(35-53(49)63(52(48)34-46)58-61-28-11-29-62-58)65-55-33-45(51-13-8-10-27-60-51)31-39(6)57(55)43-20-16-41(17-21-43)37(3)4/h7-37H,1-6H3. The fourth-order valence-corrected chi connectivity index (χ4v) is 8.82. The van der Waals surface area contributed by atoms with Gasteiger partial charge in [-0.05, 0) is 138 Å². The highest BCUT2D eigenvalue weighted by atomic mass is 16.5. The molecule has 10 rings (SSSR count). The lowest BCUT2D eigenvalue weighted by Gasteiger charge is -2.17. The average Bonchev–Trinajstić information content (AvgIpc) is 3.65. The molecule has 7 heteroatoms. The van der Waals surface area contributed by atoms with Crippen LogP contribution in [0.5, 0.6) is 23.0 Å². The highest BCUT2D eigenvalue weighted by molar-refractivity contribution is 6.09. The first-order valence-electron chi connectivity index (χ1n) is 22.2. The molecular formula is C58H49N5O2. The van der Waals surface area contributed by atoms with Gasteiger partial charge in [0, 0.05) is 69.9 Å². The van der Waals surface area contributed by atoms with Crippen molar-refractivity contribution in [1.29, 1.82) is 0 Å². The number of hydrogen-bond donors (Lipinski definition) is 0. The van der Waals surface area contributed by atoms with Crippen LogP contribution >= 0.6 is 0 Å². The number of hydrogen-bond acceptors (Lipinski definition) is 6. The monoisotopic (exact) mass is 847 g/mol. The molecule has 0 unspecified atom stereocenters. The molecule has 0 aliphatic heterocycles. The van der Waals surface area contributed by atoms with Crippen molar-refractivity contribution in [2.75, 3.05) is 0 Å². The third-order valence-corrected chi connectivity index (χ3v) is 12.2. The highest BCUT2D eigenvalue weighted by Crippen LogP contribution is 2.44. The molecule has 0 radical (unpaired) electrons. The summed E-state index contributed by atoms with van der Waals surface area (Å²) in [4.78, 5) is 18.9. The van der Waals surface area contributed by atoms with Gasteiger partial charge in [0.15, 0.2) is 0 Å². The van der Waals surface area contributed by atoms with E-state index in [1.165, 1.54) is 11.1 Å². The van der Waals surface area contributed by atoms with E-state index in [0.717, 1.165) is 89.2 Å². The lowest BCUT2D eigenvalue weighted by molar-refractivity contribution is 0.485. The molecule has 0 aliphatic carbocycles. The zero-order valence-electron chi connectivity index (χ0n) is 37.5. The first-order valence-corrected chi connectivity index (χ1v) is 22.2. The van der Waals surface area contributed by atoms with Crippen molar-refractivity contribution in [3.63, 3.8) is 0 Å². The molecule has 4 aromatic heterocycles. The van der Waals surface area contributed by atoms with Crippen molar-refractivity contribution >= 4 is 21.8 Å². The number of fused-ring (bicyclic) bond motifs is 3. The summed E-state index contributed by atoms with van der Waals surface area (Å²) in [6.45, 7) is 13.1. The topological polar surface area (TPSA) is 75.0 Å². The second kappa shape index (κ2) is 17.3. The van der Waals surface area contributed by atoms with Gasteiger partial charge in [0.2, 0.25) is 5.95 Å². The fraction of sp³-hybridized carbons (Fsp3) is 0.138. The summed E-state index contributed by atoms with van der Waals surface area (Å²) in [7, 11) is 0. The molecule has 0 N–H and O–H groups in total. The van der Waals surface area contributed by atoms with E-state index in [-0.39, 0.29) is 0 Å². The normalized spacial score (nSPS) is 11.5. The Labute approximate surface area is 380 Å². The molecule has 0 aliphatic rings. The van der Waals surface area contributed by atoms with Crippen LogP contribution in [0.3, 0.4) is 0 Å². The molecule has 318 valence electrons. The van der Waals surface area contributed by atoms with Gasteiger partial charge in [0.05, 0.1) is 22.4 Å². The van der Waals surface area contributed by atoms with E-state index in [1.54, 1.807) is 12.4 Å². The summed E-state index contributed by atoms with van der Waals surface area (Å²) in [5.74, 6) is 4.26. The molecule has 65 heavy (non-hydrogen) atoms. The van der Waals surface area contributed by atoms with Crippen LogP contribution in [0.15, 0.2) is 176 Å². The van der Waals surface area contributed by atoms with Gasteiger partial charge in [0.1, 0.15) is 23.0 Å². The van der Waals surface area contributed by atoms with Crippen molar-refractivity contribution in [2.45, 2.75) is 53.4 Å². The third kappa shape index (κ3) is 8.13. The average molecular weight is 848 g/mol. The minimum absolute atomic E-state index is 0.430. The van der Waals surface area contributed by atoms with Crippen molar-refractivity contribution in [3.05, 3.63) is 199 Å². The maximum Gasteiger partial charge on any atom is 0.234 e. The van der Waals surface area contributed by atoms with Crippen LogP contribution in [0.4, 0.5) is 0 Å². The molecule has 0 amide bonds. The SMILES string of the molecule is Cc1cc(-c2ccccn2)cc(Oc2ccc3c4ccc(Oc5cc(-c6ccccn6)cc(C)c5-c5ccc(C(C)C)cc5)cc4n(-c4ncccn4)c3c2)c1-c1ccc(C(C)C)cc1. The minimum atomic E-state index is 0.430. The van der Waals surface area contributed by atoms with Crippen LogP contribution in [0.2, 0.25) is 0 Å². The van der Waals surface area contributed by atoms with Gasteiger partial charge >= 0.3 is 0 Å². The van der Waals surface area contributed by atoms with Crippen LogP contribution in [-0.2, 0) is 0 Å². The Morgan fingerprint density at radius 2 is 0.846 bits per heavy atom. The molecular weight excluding hydrogens is 799 g/mol. The van der Waals surface area contributed by atoms with Gasteiger partial charge in [-0.3, -0.25) is 14.5 Å².